The summed E-state index contributed by atoms with van der Waals surface area (Å²) in [7, 11) is -3.89. The van der Waals surface area contributed by atoms with Crippen LogP contribution in [-0.4, -0.2) is 18.6 Å². The third-order valence-corrected chi connectivity index (χ3v) is 5.02. The van der Waals surface area contributed by atoms with Gasteiger partial charge in [0.25, 0.3) is 0 Å². The van der Waals surface area contributed by atoms with Crippen molar-refractivity contribution >= 4 is 33.0 Å². The van der Waals surface area contributed by atoms with Crippen LogP contribution >= 0.6 is 23.2 Å². The van der Waals surface area contributed by atoms with E-state index in [1.165, 1.54) is 31.2 Å². The summed E-state index contributed by atoms with van der Waals surface area (Å²) in [5.41, 5.74) is 0.302. The standard InChI is InChI=1S/C13H10Cl2O4S/c1-7-2-11(16)12(17)6-13(7)20(18,19)10-4-8(14)3-9(15)5-10/h2-6,16-17H,1H3. The number of rotatable bonds is 2. The van der Waals surface area contributed by atoms with E-state index in [1.807, 2.05) is 0 Å². The van der Waals surface area contributed by atoms with Crippen molar-refractivity contribution in [3.05, 3.63) is 45.9 Å². The van der Waals surface area contributed by atoms with Crippen LogP contribution in [-0.2, 0) is 9.84 Å². The molecule has 4 nitrogen and oxygen atoms in total. The predicted octanol–water partition coefficient (Wildman–Crippen LogP) is 3.55. The lowest BCUT2D eigenvalue weighted by Gasteiger charge is -2.10. The number of phenolic OH excluding ortho intramolecular Hbond substituents is 2. The maximum atomic E-state index is 12.5. The van der Waals surface area contributed by atoms with E-state index in [1.54, 1.807) is 0 Å². The molecule has 2 aromatic carbocycles. The lowest BCUT2D eigenvalue weighted by Crippen LogP contribution is -2.04. The Morgan fingerprint density at radius 3 is 1.95 bits per heavy atom. The molecule has 0 radical (unpaired) electrons. The minimum Gasteiger partial charge on any atom is -0.504 e. The van der Waals surface area contributed by atoms with Gasteiger partial charge in [0.05, 0.1) is 9.79 Å². The van der Waals surface area contributed by atoms with Crippen LogP contribution < -0.4 is 0 Å². The number of aryl methyl sites for hydroxylation is 1. The molecule has 2 rings (SSSR count). The molecule has 2 aromatic rings. The first kappa shape index (κ1) is 15.0. The molecule has 0 fully saturated rings. The summed E-state index contributed by atoms with van der Waals surface area (Å²) < 4.78 is 25.0. The number of sulfone groups is 1. The van der Waals surface area contributed by atoms with E-state index in [0.717, 1.165) is 6.07 Å². The second-order valence-corrected chi connectivity index (χ2v) is 7.01. The second-order valence-electron chi connectivity index (χ2n) is 4.22. The molecule has 0 bridgehead atoms. The zero-order chi connectivity index (χ0) is 15.1. The second kappa shape index (κ2) is 5.16. The zero-order valence-electron chi connectivity index (χ0n) is 10.3. The molecular weight excluding hydrogens is 323 g/mol. The lowest BCUT2D eigenvalue weighted by molar-refractivity contribution is 0.401. The molecule has 0 spiro atoms. The first-order valence-corrected chi connectivity index (χ1v) is 7.69. The van der Waals surface area contributed by atoms with Gasteiger partial charge in [0.1, 0.15) is 0 Å². The van der Waals surface area contributed by atoms with E-state index in [4.69, 9.17) is 23.2 Å². The summed E-state index contributed by atoms with van der Waals surface area (Å²) in [6.07, 6.45) is 0. The van der Waals surface area contributed by atoms with Gasteiger partial charge in [0.15, 0.2) is 11.5 Å². The van der Waals surface area contributed by atoms with Crippen LogP contribution in [0, 0.1) is 6.92 Å². The average Bonchev–Trinajstić information content (AvgIpc) is 2.32. The van der Waals surface area contributed by atoms with Gasteiger partial charge < -0.3 is 10.2 Å². The molecule has 0 saturated carbocycles. The van der Waals surface area contributed by atoms with Crippen molar-refractivity contribution in [3.63, 3.8) is 0 Å². The molecule has 7 heteroatoms. The summed E-state index contributed by atoms with van der Waals surface area (Å²) in [4.78, 5) is -0.200. The Balaban J connectivity index is 2.70. The Morgan fingerprint density at radius 1 is 0.900 bits per heavy atom. The summed E-state index contributed by atoms with van der Waals surface area (Å²) in [6, 6.07) is 6.13. The van der Waals surface area contributed by atoms with E-state index in [2.05, 4.69) is 0 Å². The first-order chi connectivity index (χ1) is 9.21. The molecule has 20 heavy (non-hydrogen) atoms. The van der Waals surface area contributed by atoms with Crippen LogP contribution in [0.5, 0.6) is 11.5 Å². The van der Waals surface area contributed by atoms with Crippen LogP contribution in [0.4, 0.5) is 0 Å². The highest BCUT2D eigenvalue weighted by molar-refractivity contribution is 7.91. The molecule has 0 aliphatic heterocycles. The van der Waals surface area contributed by atoms with Crippen molar-refractivity contribution in [3.8, 4) is 11.5 Å². The van der Waals surface area contributed by atoms with Gasteiger partial charge in [-0.15, -0.1) is 0 Å². The van der Waals surface area contributed by atoms with Crippen LogP contribution in [0.2, 0.25) is 10.0 Å². The first-order valence-electron chi connectivity index (χ1n) is 5.45. The normalized spacial score (nSPS) is 11.6. The Labute approximate surface area is 126 Å². The number of phenols is 2. The van der Waals surface area contributed by atoms with Crippen molar-refractivity contribution in [1.82, 2.24) is 0 Å². The fourth-order valence-corrected chi connectivity index (χ4v) is 3.99. The molecule has 0 aliphatic carbocycles. The van der Waals surface area contributed by atoms with Crippen LogP contribution in [0.3, 0.4) is 0 Å². The van der Waals surface area contributed by atoms with E-state index >= 15 is 0 Å². The SMILES string of the molecule is Cc1cc(O)c(O)cc1S(=O)(=O)c1cc(Cl)cc(Cl)c1. The van der Waals surface area contributed by atoms with Crippen molar-refractivity contribution in [2.75, 3.05) is 0 Å². The smallest absolute Gasteiger partial charge is 0.207 e. The van der Waals surface area contributed by atoms with Crippen molar-refractivity contribution in [2.24, 2.45) is 0 Å². The van der Waals surface area contributed by atoms with E-state index in [0.29, 0.717) is 5.56 Å². The molecule has 0 amide bonds. The summed E-state index contributed by atoms with van der Waals surface area (Å²) >= 11 is 11.6. The van der Waals surface area contributed by atoms with Gasteiger partial charge in [-0.25, -0.2) is 8.42 Å². The highest BCUT2D eigenvalue weighted by Gasteiger charge is 2.22. The molecule has 0 aromatic heterocycles. The summed E-state index contributed by atoms with van der Waals surface area (Å²) in [6.45, 7) is 1.51. The van der Waals surface area contributed by atoms with Crippen LogP contribution in [0.25, 0.3) is 0 Å². The largest absolute Gasteiger partial charge is 0.504 e. The lowest BCUT2D eigenvalue weighted by atomic mass is 10.2. The highest BCUT2D eigenvalue weighted by atomic mass is 35.5. The fourth-order valence-electron chi connectivity index (χ4n) is 1.76. The van der Waals surface area contributed by atoms with Crippen LogP contribution in [0.1, 0.15) is 5.56 Å². The van der Waals surface area contributed by atoms with Gasteiger partial charge >= 0.3 is 0 Å². The van der Waals surface area contributed by atoms with Gasteiger partial charge in [-0.1, -0.05) is 23.2 Å². The van der Waals surface area contributed by atoms with Gasteiger partial charge in [-0.05, 0) is 36.8 Å². The topological polar surface area (TPSA) is 74.6 Å². The third kappa shape index (κ3) is 2.70. The van der Waals surface area contributed by atoms with Gasteiger partial charge in [0.2, 0.25) is 9.84 Å². The Hall–Kier alpha value is -1.43. The average molecular weight is 333 g/mol. The third-order valence-electron chi connectivity index (χ3n) is 2.71. The van der Waals surface area contributed by atoms with Gasteiger partial charge in [-0.3, -0.25) is 0 Å². The van der Waals surface area contributed by atoms with Gasteiger partial charge in [-0.2, -0.15) is 0 Å². The molecule has 0 unspecified atom stereocenters. The van der Waals surface area contributed by atoms with E-state index in [-0.39, 0.29) is 25.6 Å². The minimum absolute atomic E-state index is 0.0804. The molecular formula is C13H10Cl2O4S. The van der Waals surface area contributed by atoms with E-state index in [9.17, 15) is 18.6 Å². The van der Waals surface area contributed by atoms with E-state index < -0.39 is 15.6 Å². The number of hydrogen-bond donors (Lipinski definition) is 2. The number of aromatic hydroxyl groups is 2. The zero-order valence-corrected chi connectivity index (χ0v) is 12.6. The highest BCUT2D eigenvalue weighted by Crippen LogP contribution is 2.34. The fraction of sp³-hybridized carbons (Fsp3) is 0.0769. The summed E-state index contributed by atoms with van der Waals surface area (Å²) in [5, 5.41) is 19.2. The van der Waals surface area contributed by atoms with Crippen molar-refractivity contribution < 1.29 is 18.6 Å². The van der Waals surface area contributed by atoms with Crippen molar-refractivity contribution in [2.45, 2.75) is 16.7 Å². The molecule has 0 aliphatic rings. The van der Waals surface area contributed by atoms with Crippen LogP contribution in [0.15, 0.2) is 40.1 Å². The molecule has 0 saturated heterocycles. The molecule has 2 N–H and O–H groups in total. The van der Waals surface area contributed by atoms with Gasteiger partial charge in [0, 0.05) is 16.1 Å². The van der Waals surface area contributed by atoms with Crippen molar-refractivity contribution in [1.29, 1.82) is 0 Å². The number of halogens is 2. The number of benzene rings is 2. The molecule has 0 heterocycles. The Kier molecular flexibility index (Phi) is 3.86. The Bertz CT molecular complexity index is 765. The molecule has 0 atom stereocenters. The molecule has 106 valence electrons. The quantitative estimate of drug-likeness (QED) is 0.824. The summed E-state index contributed by atoms with van der Waals surface area (Å²) in [5.74, 6) is -0.895. The Morgan fingerprint density at radius 2 is 1.40 bits per heavy atom. The monoisotopic (exact) mass is 332 g/mol. The minimum atomic E-state index is -3.89. The number of hydrogen-bond acceptors (Lipinski definition) is 4. The maximum Gasteiger partial charge on any atom is 0.207 e. The maximum absolute atomic E-state index is 12.5. The predicted molar refractivity (Wildman–Crippen MR) is 76.4 cm³/mol.